The number of carbonyl (C=O) groups is 1. The molecule has 0 aromatic carbocycles. The van der Waals surface area contributed by atoms with E-state index in [2.05, 4.69) is 5.32 Å². The molecule has 2 heterocycles. The van der Waals surface area contributed by atoms with Gasteiger partial charge in [-0.1, -0.05) is 6.42 Å². The van der Waals surface area contributed by atoms with Crippen LogP contribution >= 0.6 is 11.3 Å². The average Bonchev–Trinajstić information content (AvgIpc) is 2.79. The predicted molar refractivity (Wildman–Crippen MR) is 71.4 cm³/mol. The van der Waals surface area contributed by atoms with Crippen LogP contribution in [0.2, 0.25) is 0 Å². The lowest BCUT2D eigenvalue weighted by Gasteiger charge is -2.08. The first-order valence-corrected chi connectivity index (χ1v) is 6.84. The minimum atomic E-state index is -0.341. The summed E-state index contributed by atoms with van der Waals surface area (Å²) in [5.74, 6) is -0.341. The Morgan fingerprint density at radius 2 is 2.18 bits per heavy atom. The highest BCUT2D eigenvalue weighted by Crippen LogP contribution is 2.19. The summed E-state index contributed by atoms with van der Waals surface area (Å²) >= 11 is 1.34. The van der Waals surface area contributed by atoms with Crippen molar-refractivity contribution in [3.63, 3.8) is 0 Å². The maximum Gasteiger partial charge on any atom is 0.341 e. The normalized spacial score (nSPS) is 14.6. The Balaban J connectivity index is 0.000000202. The summed E-state index contributed by atoms with van der Waals surface area (Å²) < 4.78 is 4.75. The van der Waals surface area contributed by atoms with Crippen LogP contribution in [0.15, 0.2) is 11.4 Å². The zero-order chi connectivity index (χ0) is 12.5. The zero-order valence-electron chi connectivity index (χ0n) is 10.2. The third-order valence-electron chi connectivity index (χ3n) is 2.40. The van der Waals surface area contributed by atoms with E-state index in [0.29, 0.717) is 17.2 Å². The van der Waals surface area contributed by atoms with E-state index in [1.807, 2.05) is 0 Å². The number of anilines is 1. The lowest BCUT2D eigenvalue weighted by Crippen LogP contribution is -2.21. The van der Waals surface area contributed by atoms with Crippen molar-refractivity contribution in [1.29, 1.82) is 0 Å². The number of piperidine rings is 1. The number of nitrogens with one attached hydrogen (secondary N) is 1. The van der Waals surface area contributed by atoms with Crippen LogP contribution < -0.4 is 11.1 Å². The van der Waals surface area contributed by atoms with E-state index in [0.717, 1.165) is 0 Å². The van der Waals surface area contributed by atoms with Crippen LogP contribution in [0.4, 0.5) is 5.00 Å². The predicted octanol–water partition coefficient (Wildman–Crippen LogP) is 2.27. The number of carbonyl (C=O) groups excluding carboxylic acids is 1. The van der Waals surface area contributed by atoms with Crippen LogP contribution in [-0.2, 0) is 4.74 Å². The smallest absolute Gasteiger partial charge is 0.341 e. The molecule has 0 amide bonds. The van der Waals surface area contributed by atoms with Crippen molar-refractivity contribution in [3.8, 4) is 0 Å². The van der Waals surface area contributed by atoms with Crippen molar-refractivity contribution < 1.29 is 9.53 Å². The molecule has 1 aliphatic rings. The fourth-order valence-electron chi connectivity index (χ4n) is 1.50. The summed E-state index contributed by atoms with van der Waals surface area (Å²) in [6.45, 7) is 4.65. The first kappa shape index (κ1) is 14.0. The molecule has 0 atom stereocenters. The molecule has 5 heteroatoms. The molecule has 96 valence electrons. The number of ether oxygens (including phenoxy) is 1. The quantitative estimate of drug-likeness (QED) is 0.797. The average molecular weight is 256 g/mol. The summed E-state index contributed by atoms with van der Waals surface area (Å²) in [6, 6.07) is 1.66. The molecule has 0 radical (unpaired) electrons. The monoisotopic (exact) mass is 256 g/mol. The fraction of sp³-hybridized carbons (Fsp3) is 0.583. The number of esters is 1. The van der Waals surface area contributed by atoms with Crippen LogP contribution in [0, 0.1) is 0 Å². The second-order valence-electron chi connectivity index (χ2n) is 3.73. The third-order valence-corrected chi connectivity index (χ3v) is 3.14. The van der Waals surface area contributed by atoms with Crippen molar-refractivity contribution in [2.45, 2.75) is 26.2 Å². The SMILES string of the molecule is C1CCNCC1.CCOC(=O)c1ccsc1N. The van der Waals surface area contributed by atoms with Gasteiger partial charge in [-0.25, -0.2) is 4.79 Å². The second kappa shape index (κ2) is 8.08. The van der Waals surface area contributed by atoms with Gasteiger partial charge in [-0.3, -0.25) is 0 Å². The van der Waals surface area contributed by atoms with Gasteiger partial charge in [0.15, 0.2) is 0 Å². The Bertz CT molecular complexity index is 323. The summed E-state index contributed by atoms with van der Waals surface area (Å²) in [6.07, 6.45) is 4.22. The van der Waals surface area contributed by atoms with Crippen LogP contribution in [0.5, 0.6) is 0 Å². The van der Waals surface area contributed by atoms with Gasteiger partial charge in [0.2, 0.25) is 0 Å². The van der Waals surface area contributed by atoms with Gasteiger partial charge in [0.05, 0.1) is 12.2 Å². The number of thiophene rings is 1. The van der Waals surface area contributed by atoms with Gasteiger partial charge >= 0.3 is 5.97 Å². The minimum Gasteiger partial charge on any atom is -0.462 e. The highest BCUT2D eigenvalue weighted by Gasteiger charge is 2.10. The molecular weight excluding hydrogens is 236 g/mol. The van der Waals surface area contributed by atoms with Gasteiger partial charge in [0, 0.05) is 0 Å². The van der Waals surface area contributed by atoms with E-state index in [-0.39, 0.29) is 5.97 Å². The zero-order valence-corrected chi connectivity index (χ0v) is 11.0. The Labute approximate surface area is 106 Å². The Hall–Kier alpha value is -1.07. The Morgan fingerprint density at radius 3 is 2.53 bits per heavy atom. The van der Waals surface area contributed by atoms with E-state index < -0.39 is 0 Å². The first-order chi connectivity index (χ1) is 8.25. The summed E-state index contributed by atoms with van der Waals surface area (Å²) in [7, 11) is 0. The van der Waals surface area contributed by atoms with Gasteiger partial charge in [0.25, 0.3) is 0 Å². The number of nitrogens with two attached hydrogens (primary N) is 1. The largest absolute Gasteiger partial charge is 0.462 e. The Morgan fingerprint density at radius 1 is 1.47 bits per heavy atom. The summed E-state index contributed by atoms with van der Waals surface area (Å²) in [5.41, 5.74) is 5.96. The van der Waals surface area contributed by atoms with E-state index in [4.69, 9.17) is 10.5 Å². The standard InChI is InChI=1S/C7H9NO2S.C5H11N/c1-2-10-7(9)5-3-4-11-6(5)8;1-2-4-6-5-3-1/h3-4H,2,8H2,1H3;6H,1-5H2. The number of nitrogen functional groups attached to an aromatic ring is 1. The topological polar surface area (TPSA) is 64.3 Å². The van der Waals surface area contributed by atoms with E-state index in [1.165, 1.54) is 43.7 Å². The van der Waals surface area contributed by atoms with E-state index in [9.17, 15) is 4.79 Å². The molecule has 0 bridgehead atoms. The van der Waals surface area contributed by atoms with E-state index in [1.54, 1.807) is 18.4 Å². The lowest BCUT2D eigenvalue weighted by molar-refractivity contribution is 0.0528. The van der Waals surface area contributed by atoms with Crippen LogP contribution in [0.25, 0.3) is 0 Å². The number of rotatable bonds is 2. The van der Waals surface area contributed by atoms with Gasteiger partial charge in [-0.2, -0.15) is 0 Å². The Kier molecular flexibility index (Phi) is 6.65. The molecule has 1 aromatic rings. The first-order valence-electron chi connectivity index (χ1n) is 5.96. The van der Waals surface area contributed by atoms with Gasteiger partial charge < -0.3 is 15.8 Å². The maximum absolute atomic E-state index is 11.0. The van der Waals surface area contributed by atoms with Crippen molar-refractivity contribution in [1.82, 2.24) is 5.32 Å². The van der Waals surface area contributed by atoms with Crippen LogP contribution in [0.3, 0.4) is 0 Å². The van der Waals surface area contributed by atoms with Crippen molar-refractivity contribution >= 4 is 22.3 Å². The van der Waals surface area contributed by atoms with Crippen molar-refractivity contribution in [3.05, 3.63) is 17.0 Å². The number of hydrogen-bond donors (Lipinski definition) is 2. The van der Waals surface area contributed by atoms with Crippen molar-refractivity contribution in [2.75, 3.05) is 25.4 Å². The molecule has 4 nitrogen and oxygen atoms in total. The summed E-state index contributed by atoms with van der Waals surface area (Å²) in [5, 5.41) is 5.57. The molecule has 0 spiro atoms. The second-order valence-corrected chi connectivity index (χ2v) is 4.68. The third kappa shape index (κ3) is 5.19. The number of hydrogen-bond acceptors (Lipinski definition) is 5. The van der Waals surface area contributed by atoms with Gasteiger partial charge in [0.1, 0.15) is 5.00 Å². The molecule has 1 aromatic heterocycles. The molecule has 17 heavy (non-hydrogen) atoms. The molecule has 2 rings (SSSR count). The maximum atomic E-state index is 11.0. The fourth-order valence-corrected chi connectivity index (χ4v) is 2.13. The van der Waals surface area contributed by atoms with E-state index >= 15 is 0 Å². The minimum absolute atomic E-state index is 0.341. The molecule has 0 aliphatic carbocycles. The molecule has 1 aliphatic heterocycles. The summed E-state index contributed by atoms with van der Waals surface area (Å²) in [4.78, 5) is 11.0. The lowest BCUT2D eigenvalue weighted by atomic mass is 10.2. The van der Waals surface area contributed by atoms with Crippen LogP contribution in [0.1, 0.15) is 36.5 Å². The molecule has 0 saturated carbocycles. The molecule has 0 unspecified atom stereocenters. The molecule has 3 N–H and O–H groups in total. The van der Waals surface area contributed by atoms with Crippen LogP contribution in [-0.4, -0.2) is 25.7 Å². The highest BCUT2D eigenvalue weighted by atomic mass is 32.1. The van der Waals surface area contributed by atoms with Gasteiger partial charge in [-0.05, 0) is 44.3 Å². The molecule has 1 fully saturated rings. The van der Waals surface area contributed by atoms with Gasteiger partial charge in [-0.15, -0.1) is 11.3 Å². The highest BCUT2D eigenvalue weighted by molar-refractivity contribution is 7.14. The molecule has 1 saturated heterocycles. The van der Waals surface area contributed by atoms with Crippen molar-refractivity contribution in [2.24, 2.45) is 0 Å². The molecular formula is C12H20N2O2S.